The number of morpholine rings is 1. The second-order valence-corrected chi connectivity index (χ2v) is 9.05. The smallest absolute Gasteiger partial charge is 0.220 e. The third-order valence-electron chi connectivity index (χ3n) is 4.64. The minimum Gasteiger partial charge on any atom is -0.373 e. The molecule has 6 heteroatoms. The lowest BCUT2D eigenvalue weighted by Crippen LogP contribution is -2.44. The Labute approximate surface area is 170 Å². The van der Waals surface area contributed by atoms with Gasteiger partial charge in [-0.1, -0.05) is 35.9 Å². The lowest BCUT2D eigenvalue weighted by Gasteiger charge is -2.35. The summed E-state index contributed by atoms with van der Waals surface area (Å²) >= 11 is 7.45. The van der Waals surface area contributed by atoms with E-state index in [2.05, 4.69) is 48.3 Å². The fourth-order valence-electron chi connectivity index (χ4n) is 3.45. The van der Waals surface area contributed by atoms with Gasteiger partial charge in [0.2, 0.25) is 5.91 Å². The molecule has 2 atom stereocenters. The van der Waals surface area contributed by atoms with E-state index in [1.54, 1.807) is 0 Å². The van der Waals surface area contributed by atoms with Crippen molar-refractivity contribution in [2.75, 3.05) is 13.1 Å². The van der Waals surface area contributed by atoms with Crippen LogP contribution in [0.25, 0.3) is 0 Å². The number of hydrogen-bond donors (Lipinski definition) is 1. The summed E-state index contributed by atoms with van der Waals surface area (Å²) in [6, 6.07) is 12.4. The SMILES string of the molecule is CC1CN(Cc2ccc(CNC(=O)CCc3ccc(Cl)s3)cc2)CC(C)O1. The minimum atomic E-state index is 0.0693. The van der Waals surface area contributed by atoms with Gasteiger partial charge in [-0.05, 0) is 43.5 Å². The summed E-state index contributed by atoms with van der Waals surface area (Å²) in [6.07, 6.45) is 1.79. The van der Waals surface area contributed by atoms with Crippen molar-refractivity contribution in [3.05, 3.63) is 56.7 Å². The van der Waals surface area contributed by atoms with Gasteiger partial charge in [0.05, 0.1) is 16.5 Å². The van der Waals surface area contributed by atoms with E-state index < -0.39 is 0 Å². The Bertz CT molecular complexity index is 737. The van der Waals surface area contributed by atoms with Crippen LogP contribution in [0, 0.1) is 0 Å². The highest BCUT2D eigenvalue weighted by Crippen LogP contribution is 2.22. The number of hydrogen-bond acceptors (Lipinski definition) is 4. The average molecular weight is 407 g/mol. The lowest BCUT2D eigenvalue weighted by molar-refractivity contribution is -0.121. The molecule has 1 N–H and O–H groups in total. The van der Waals surface area contributed by atoms with Gasteiger partial charge in [0.25, 0.3) is 0 Å². The van der Waals surface area contributed by atoms with Crippen LogP contribution in [0.2, 0.25) is 4.34 Å². The van der Waals surface area contributed by atoms with Gasteiger partial charge in [-0.3, -0.25) is 9.69 Å². The third kappa shape index (κ3) is 6.61. The molecule has 2 heterocycles. The van der Waals surface area contributed by atoms with Gasteiger partial charge in [0.15, 0.2) is 0 Å². The maximum atomic E-state index is 12.0. The highest BCUT2D eigenvalue weighted by atomic mass is 35.5. The van der Waals surface area contributed by atoms with Crippen molar-refractivity contribution in [1.82, 2.24) is 10.2 Å². The summed E-state index contributed by atoms with van der Waals surface area (Å²) in [5.41, 5.74) is 2.41. The first-order chi connectivity index (χ1) is 13.0. The van der Waals surface area contributed by atoms with E-state index in [1.165, 1.54) is 16.9 Å². The Morgan fingerprint density at radius 2 is 1.81 bits per heavy atom. The molecule has 0 radical (unpaired) electrons. The predicted octanol–water partition coefficient (Wildman–Crippen LogP) is 4.26. The van der Waals surface area contributed by atoms with Gasteiger partial charge in [-0.25, -0.2) is 0 Å². The first-order valence-corrected chi connectivity index (χ1v) is 10.6. The number of nitrogens with zero attached hydrogens (tertiary/aromatic N) is 1. The fraction of sp³-hybridized carbons (Fsp3) is 0.476. The molecule has 146 valence electrons. The number of rotatable bonds is 7. The van der Waals surface area contributed by atoms with Crippen LogP contribution in [0.15, 0.2) is 36.4 Å². The zero-order chi connectivity index (χ0) is 19.2. The zero-order valence-electron chi connectivity index (χ0n) is 15.9. The number of nitrogens with one attached hydrogen (secondary N) is 1. The van der Waals surface area contributed by atoms with Crippen molar-refractivity contribution < 1.29 is 9.53 Å². The highest BCUT2D eigenvalue weighted by Gasteiger charge is 2.21. The van der Waals surface area contributed by atoms with Crippen molar-refractivity contribution in [1.29, 1.82) is 0 Å². The monoisotopic (exact) mass is 406 g/mol. The first kappa shape index (κ1) is 20.3. The molecule has 1 saturated heterocycles. The number of carbonyl (C=O) groups excluding carboxylic acids is 1. The molecule has 27 heavy (non-hydrogen) atoms. The minimum absolute atomic E-state index is 0.0693. The molecule has 0 aliphatic carbocycles. The standard InChI is InChI=1S/C21H27ClN2O2S/c1-15-12-24(13-16(2)26-15)14-18-5-3-17(4-6-18)11-23-21(25)10-8-19-7-9-20(22)27-19/h3-7,9,15-16H,8,10-14H2,1-2H3,(H,23,25). The molecule has 0 spiro atoms. The first-order valence-electron chi connectivity index (χ1n) is 9.44. The summed E-state index contributed by atoms with van der Waals surface area (Å²) in [7, 11) is 0. The van der Waals surface area contributed by atoms with Crippen molar-refractivity contribution >= 4 is 28.8 Å². The number of aryl methyl sites for hydroxylation is 1. The molecule has 1 fully saturated rings. The number of carbonyl (C=O) groups is 1. The van der Waals surface area contributed by atoms with E-state index in [4.69, 9.17) is 16.3 Å². The summed E-state index contributed by atoms with van der Waals surface area (Å²) in [6.45, 7) is 7.70. The average Bonchev–Trinajstić information content (AvgIpc) is 3.04. The van der Waals surface area contributed by atoms with Crippen molar-refractivity contribution in [3.8, 4) is 0 Å². The van der Waals surface area contributed by atoms with Crippen LogP contribution in [0.3, 0.4) is 0 Å². The summed E-state index contributed by atoms with van der Waals surface area (Å²) in [5.74, 6) is 0.0693. The number of halogens is 1. The summed E-state index contributed by atoms with van der Waals surface area (Å²) in [5, 5.41) is 2.99. The topological polar surface area (TPSA) is 41.6 Å². The molecule has 2 aromatic rings. The molecule has 0 bridgehead atoms. The van der Waals surface area contributed by atoms with Crippen LogP contribution < -0.4 is 5.32 Å². The Morgan fingerprint density at radius 1 is 1.15 bits per heavy atom. The van der Waals surface area contributed by atoms with Gasteiger partial charge in [-0.2, -0.15) is 0 Å². The van der Waals surface area contributed by atoms with Crippen LogP contribution in [0.4, 0.5) is 0 Å². The van der Waals surface area contributed by atoms with E-state index in [0.717, 1.165) is 40.8 Å². The van der Waals surface area contributed by atoms with Crippen LogP contribution in [0.1, 0.15) is 36.3 Å². The Balaban J connectivity index is 1.41. The number of ether oxygens (including phenoxy) is 1. The molecule has 1 aliphatic rings. The van der Waals surface area contributed by atoms with Gasteiger partial charge in [0.1, 0.15) is 0 Å². The van der Waals surface area contributed by atoms with E-state index >= 15 is 0 Å². The Hall–Kier alpha value is -1.40. The number of benzene rings is 1. The van der Waals surface area contributed by atoms with E-state index in [0.29, 0.717) is 13.0 Å². The van der Waals surface area contributed by atoms with Crippen LogP contribution in [-0.2, 0) is 29.0 Å². The van der Waals surface area contributed by atoms with Crippen LogP contribution >= 0.6 is 22.9 Å². The maximum absolute atomic E-state index is 12.0. The molecular formula is C21H27ClN2O2S. The molecule has 3 rings (SSSR count). The number of amides is 1. The van der Waals surface area contributed by atoms with Crippen molar-refractivity contribution in [2.24, 2.45) is 0 Å². The molecule has 1 amide bonds. The molecule has 4 nitrogen and oxygen atoms in total. The maximum Gasteiger partial charge on any atom is 0.220 e. The van der Waals surface area contributed by atoms with Crippen LogP contribution in [0.5, 0.6) is 0 Å². The Morgan fingerprint density at radius 3 is 2.44 bits per heavy atom. The molecule has 0 saturated carbocycles. The zero-order valence-corrected chi connectivity index (χ0v) is 17.5. The van der Waals surface area contributed by atoms with E-state index in [-0.39, 0.29) is 18.1 Å². The van der Waals surface area contributed by atoms with E-state index in [9.17, 15) is 4.79 Å². The van der Waals surface area contributed by atoms with Gasteiger partial charge in [-0.15, -0.1) is 11.3 Å². The summed E-state index contributed by atoms with van der Waals surface area (Å²) < 4.78 is 6.56. The molecule has 1 aliphatic heterocycles. The second kappa shape index (κ2) is 9.69. The third-order valence-corrected chi connectivity index (χ3v) is 5.93. The van der Waals surface area contributed by atoms with Gasteiger partial charge >= 0.3 is 0 Å². The molecular weight excluding hydrogens is 380 g/mol. The quantitative estimate of drug-likeness (QED) is 0.746. The number of thiophene rings is 1. The van der Waals surface area contributed by atoms with Gasteiger partial charge in [0, 0.05) is 37.5 Å². The van der Waals surface area contributed by atoms with Crippen molar-refractivity contribution in [2.45, 2.75) is 52.0 Å². The predicted molar refractivity (Wildman–Crippen MR) is 111 cm³/mol. The van der Waals surface area contributed by atoms with Gasteiger partial charge < -0.3 is 10.1 Å². The normalized spacial score (nSPS) is 20.6. The highest BCUT2D eigenvalue weighted by molar-refractivity contribution is 7.16. The molecule has 1 aromatic carbocycles. The summed E-state index contributed by atoms with van der Waals surface area (Å²) in [4.78, 5) is 15.6. The Kier molecular flexibility index (Phi) is 7.30. The van der Waals surface area contributed by atoms with E-state index in [1.807, 2.05) is 12.1 Å². The molecule has 2 unspecified atom stereocenters. The molecule has 1 aromatic heterocycles. The fourth-order valence-corrected chi connectivity index (χ4v) is 4.53. The van der Waals surface area contributed by atoms with Crippen LogP contribution in [-0.4, -0.2) is 36.1 Å². The largest absolute Gasteiger partial charge is 0.373 e. The lowest BCUT2D eigenvalue weighted by atomic mass is 10.1. The second-order valence-electron chi connectivity index (χ2n) is 7.25. The van der Waals surface area contributed by atoms with Crippen molar-refractivity contribution in [3.63, 3.8) is 0 Å².